The molecule has 170 valence electrons. The first kappa shape index (κ1) is 23.4. The van der Waals surface area contributed by atoms with Gasteiger partial charge in [-0.15, -0.1) is 0 Å². The summed E-state index contributed by atoms with van der Waals surface area (Å²) in [4.78, 5) is 35.7. The number of nitro groups is 1. The summed E-state index contributed by atoms with van der Waals surface area (Å²) in [6.45, 7) is 2.90. The predicted molar refractivity (Wildman–Crippen MR) is 117 cm³/mol. The van der Waals surface area contributed by atoms with Crippen molar-refractivity contribution in [2.75, 3.05) is 11.9 Å². The van der Waals surface area contributed by atoms with Crippen molar-refractivity contribution in [1.29, 1.82) is 0 Å². The molecule has 0 spiro atoms. The first-order valence-electron chi connectivity index (χ1n) is 10.1. The Balaban J connectivity index is 1.78. The van der Waals surface area contributed by atoms with Gasteiger partial charge < -0.3 is 10.1 Å². The van der Waals surface area contributed by atoms with E-state index in [4.69, 9.17) is 4.74 Å². The van der Waals surface area contributed by atoms with Gasteiger partial charge in [0.15, 0.2) is 21.2 Å². The van der Waals surface area contributed by atoms with Crippen molar-refractivity contribution in [3.63, 3.8) is 0 Å². The van der Waals surface area contributed by atoms with Gasteiger partial charge in [-0.25, -0.2) is 8.42 Å². The smallest absolute Gasteiger partial charge is 0.328 e. The van der Waals surface area contributed by atoms with E-state index >= 15 is 0 Å². The zero-order chi connectivity index (χ0) is 23.5. The molecule has 0 atom stereocenters. The highest BCUT2D eigenvalue weighted by Crippen LogP contribution is 2.42. The van der Waals surface area contributed by atoms with Crippen LogP contribution in [0.25, 0.3) is 0 Å². The van der Waals surface area contributed by atoms with Crippen molar-refractivity contribution in [2.45, 2.75) is 49.2 Å². The van der Waals surface area contributed by atoms with E-state index in [0.717, 1.165) is 11.1 Å². The fourth-order valence-electron chi connectivity index (χ4n) is 3.82. The lowest BCUT2D eigenvalue weighted by molar-refractivity contribution is -0.383. The molecule has 2 aromatic rings. The quantitative estimate of drug-likeness (QED) is 0.380. The molecule has 2 aromatic carbocycles. The molecule has 1 N–H and O–H groups in total. The molecule has 1 amide bonds. The fourth-order valence-corrected chi connectivity index (χ4v) is 5.96. The molecule has 0 radical (unpaired) electrons. The van der Waals surface area contributed by atoms with Gasteiger partial charge in [0, 0.05) is 6.07 Å². The number of nitrogens with one attached hydrogen (secondary N) is 1. The number of esters is 1. The van der Waals surface area contributed by atoms with Crippen LogP contribution >= 0.6 is 0 Å². The second-order valence-corrected chi connectivity index (χ2v) is 10.1. The average molecular weight is 461 g/mol. The molecule has 3 rings (SSSR count). The standard InChI is InChI=1S/C22H24N2O7S/c1-15-9-10-17(13-16(15)2)32(29,30)22(11-5-6-12-22)21(26)31-14-20(25)23-18-7-3-4-8-19(18)24(27)28/h3-4,7-10,13H,5-6,11-12,14H2,1-2H3,(H,23,25). The van der Waals surface area contributed by atoms with Crippen LogP contribution in [0.1, 0.15) is 36.8 Å². The number of carbonyl (C=O) groups is 2. The average Bonchev–Trinajstić information content (AvgIpc) is 3.26. The maximum Gasteiger partial charge on any atom is 0.328 e. The minimum Gasteiger partial charge on any atom is -0.454 e. The number of rotatable bonds is 7. The van der Waals surface area contributed by atoms with Crippen molar-refractivity contribution >= 4 is 33.1 Å². The predicted octanol–water partition coefficient (Wildman–Crippen LogP) is 3.48. The molecular weight excluding hydrogens is 436 g/mol. The number of hydrogen-bond acceptors (Lipinski definition) is 7. The monoisotopic (exact) mass is 460 g/mol. The molecule has 32 heavy (non-hydrogen) atoms. The summed E-state index contributed by atoms with van der Waals surface area (Å²) >= 11 is 0. The van der Waals surface area contributed by atoms with Crippen LogP contribution in [0.2, 0.25) is 0 Å². The van der Waals surface area contributed by atoms with E-state index in [1.807, 2.05) is 6.92 Å². The maximum absolute atomic E-state index is 13.4. The Labute approximate surface area is 185 Å². The van der Waals surface area contributed by atoms with Crippen LogP contribution in [-0.2, 0) is 24.2 Å². The maximum atomic E-state index is 13.4. The molecular formula is C22H24N2O7S. The summed E-state index contributed by atoms with van der Waals surface area (Å²) in [6.07, 6.45) is 1.29. The number of nitrogens with zero attached hydrogens (tertiary/aromatic N) is 1. The van der Waals surface area contributed by atoms with Crippen LogP contribution in [0.15, 0.2) is 47.4 Å². The lowest BCUT2D eigenvalue weighted by Gasteiger charge is -2.26. The van der Waals surface area contributed by atoms with Crippen LogP contribution in [0.4, 0.5) is 11.4 Å². The van der Waals surface area contributed by atoms with E-state index < -0.39 is 38.0 Å². The number of carbonyl (C=O) groups excluding carboxylic acids is 2. The van der Waals surface area contributed by atoms with Gasteiger partial charge in [-0.1, -0.05) is 31.0 Å². The number of para-hydroxylation sites is 2. The van der Waals surface area contributed by atoms with Crippen LogP contribution in [0.3, 0.4) is 0 Å². The highest BCUT2D eigenvalue weighted by Gasteiger charge is 2.54. The Bertz CT molecular complexity index is 1170. The molecule has 0 unspecified atom stereocenters. The van der Waals surface area contributed by atoms with Crippen molar-refractivity contribution in [3.8, 4) is 0 Å². The molecule has 1 fully saturated rings. The molecule has 0 saturated heterocycles. The van der Waals surface area contributed by atoms with Crippen LogP contribution < -0.4 is 5.32 Å². The van der Waals surface area contributed by atoms with E-state index in [1.54, 1.807) is 19.1 Å². The number of benzene rings is 2. The number of ether oxygens (including phenoxy) is 1. The molecule has 10 heteroatoms. The molecule has 9 nitrogen and oxygen atoms in total. The third-order valence-corrected chi connectivity index (χ3v) is 8.27. The van der Waals surface area contributed by atoms with Crippen molar-refractivity contribution in [1.82, 2.24) is 0 Å². The molecule has 0 aliphatic heterocycles. The van der Waals surface area contributed by atoms with Gasteiger partial charge >= 0.3 is 5.97 Å². The minimum absolute atomic E-state index is 0.0446. The zero-order valence-corrected chi connectivity index (χ0v) is 18.6. The Morgan fingerprint density at radius 1 is 1.09 bits per heavy atom. The zero-order valence-electron chi connectivity index (χ0n) is 17.8. The number of amides is 1. The summed E-state index contributed by atoms with van der Waals surface area (Å²) in [6, 6.07) is 10.3. The highest BCUT2D eigenvalue weighted by molar-refractivity contribution is 7.93. The van der Waals surface area contributed by atoms with Gasteiger partial charge in [-0.2, -0.15) is 0 Å². The van der Waals surface area contributed by atoms with Gasteiger partial charge in [0.2, 0.25) is 0 Å². The van der Waals surface area contributed by atoms with E-state index in [2.05, 4.69) is 5.32 Å². The molecule has 1 saturated carbocycles. The Hall–Kier alpha value is -3.27. The van der Waals surface area contributed by atoms with E-state index in [1.165, 1.54) is 30.3 Å². The summed E-state index contributed by atoms with van der Waals surface area (Å²) in [5.74, 6) is -1.78. The highest BCUT2D eigenvalue weighted by atomic mass is 32.2. The van der Waals surface area contributed by atoms with Crippen molar-refractivity contribution in [2.24, 2.45) is 0 Å². The van der Waals surface area contributed by atoms with Gasteiger partial charge in [-0.05, 0) is 56.0 Å². The first-order chi connectivity index (χ1) is 15.1. The van der Waals surface area contributed by atoms with E-state index in [-0.39, 0.29) is 29.1 Å². The van der Waals surface area contributed by atoms with Gasteiger partial charge in [0.05, 0.1) is 9.82 Å². The van der Waals surface area contributed by atoms with Crippen LogP contribution in [0, 0.1) is 24.0 Å². The van der Waals surface area contributed by atoms with Crippen molar-refractivity contribution in [3.05, 3.63) is 63.7 Å². The van der Waals surface area contributed by atoms with E-state index in [9.17, 15) is 28.1 Å². The third kappa shape index (κ3) is 4.36. The normalized spacial score (nSPS) is 15.2. The number of hydrogen-bond donors (Lipinski definition) is 1. The second-order valence-electron chi connectivity index (χ2n) is 7.85. The Morgan fingerprint density at radius 3 is 2.38 bits per heavy atom. The number of nitro benzene ring substituents is 1. The van der Waals surface area contributed by atoms with Gasteiger partial charge in [0.25, 0.3) is 11.6 Å². The summed E-state index contributed by atoms with van der Waals surface area (Å²) in [7, 11) is -4.06. The molecule has 0 aromatic heterocycles. The number of aryl methyl sites for hydroxylation is 2. The van der Waals surface area contributed by atoms with Crippen LogP contribution in [0.5, 0.6) is 0 Å². The number of sulfone groups is 1. The summed E-state index contributed by atoms with van der Waals surface area (Å²) in [5, 5.41) is 13.4. The SMILES string of the molecule is Cc1ccc(S(=O)(=O)C2(C(=O)OCC(=O)Nc3ccccc3[N+](=O)[O-])CCCC2)cc1C. The first-order valence-corrected chi connectivity index (χ1v) is 11.6. The van der Waals surface area contributed by atoms with Gasteiger partial charge in [0.1, 0.15) is 5.69 Å². The topological polar surface area (TPSA) is 133 Å². The molecule has 0 bridgehead atoms. The van der Waals surface area contributed by atoms with Gasteiger partial charge in [-0.3, -0.25) is 19.7 Å². The summed E-state index contributed by atoms with van der Waals surface area (Å²) in [5.41, 5.74) is 1.36. The second kappa shape index (κ2) is 9.07. The minimum atomic E-state index is -4.06. The third-order valence-electron chi connectivity index (χ3n) is 5.80. The molecule has 1 aliphatic carbocycles. The lowest BCUT2D eigenvalue weighted by Crippen LogP contribution is -2.46. The van der Waals surface area contributed by atoms with Crippen molar-refractivity contribution < 1.29 is 27.7 Å². The molecule has 1 aliphatic rings. The molecule has 0 heterocycles. The largest absolute Gasteiger partial charge is 0.454 e. The van der Waals surface area contributed by atoms with Crippen LogP contribution in [-0.4, -0.2) is 36.6 Å². The Kier molecular flexibility index (Phi) is 6.63. The Morgan fingerprint density at radius 2 is 1.75 bits per heavy atom. The fraction of sp³-hybridized carbons (Fsp3) is 0.364. The van der Waals surface area contributed by atoms with E-state index in [0.29, 0.717) is 12.8 Å². The number of anilines is 1. The summed E-state index contributed by atoms with van der Waals surface area (Å²) < 4.78 is 30.2. The lowest BCUT2D eigenvalue weighted by atomic mass is 10.1.